The summed E-state index contributed by atoms with van der Waals surface area (Å²) in [6, 6.07) is 0. The smallest absolute Gasteiger partial charge is 0.174 e. The topological polar surface area (TPSA) is 0 Å². The number of rotatable bonds is 5. The van der Waals surface area contributed by atoms with Crippen molar-refractivity contribution in [2.24, 2.45) is 11.8 Å². The lowest BCUT2D eigenvalue weighted by atomic mass is 9.75. The molecule has 2 heteroatoms. The standard InChI is InChI=1S/C31H42F2/c1-17-18(2)22(6)30(23(7)19(17)3)31-24(8)20(4)28(21(5)25(31)9)16-27-12-10-26(11-13-27)14-15-29(32)33/h15,26-27H,10-14,16H2,1-9H3. The highest BCUT2D eigenvalue weighted by atomic mass is 19.3. The third kappa shape index (κ3) is 4.96. The van der Waals surface area contributed by atoms with Crippen LogP contribution in [0.3, 0.4) is 0 Å². The first-order valence-electron chi connectivity index (χ1n) is 12.6. The van der Waals surface area contributed by atoms with Crippen molar-refractivity contribution in [3.8, 4) is 11.1 Å². The molecule has 180 valence electrons. The summed E-state index contributed by atoms with van der Waals surface area (Å²) < 4.78 is 24.9. The molecule has 0 nitrogen and oxygen atoms in total. The predicted octanol–water partition coefficient (Wildman–Crippen LogP) is 9.65. The van der Waals surface area contributed by atoms with Gasteiger partial charge in [-0.25, -0.2) is 0 Å². The van der Waals surface area contributed by atoms with Crippen LogP contribution < -0.4 is 0 Å². The number of halogens is 2. The fourth-order valence-electron chi connectivity index (χ4n) is 6.16. The predicted molar refractivity (Wildman–Crippen MR) is 139 cm³/mol. The molecule has 0 atom stereocenters. The third-order valence-corrected chi connectivity index (χ3v) is 9.09. The average Bonchev–Trinajstić information content (AvgIpc) is 2.79. The highest BCUT2D eigenvalue weighted by Gasteiger charge is 2.25. The van der Waals surface area contributed by atoms with Gasteiger partial charge in [0.1, 0.15) is 0 Å². The number of allylic oxidation sites excluding steroid dienone is 1. The Balaban J connectivity index is 1.95. The number of hydrogen-bond acceptors (Lipinski definition) is 0. The first kappa shape index (κ1) is 25.7. The van der Waals surface area contributed by atoms with Gasteiger partial charge in [0.25, 0.3) is 6.08 Å². The Kier molecular flexibility index (Phi) is 7.87. The summed E-state index contributed by atoms with van der Waals surface area (Å²) in [5, 5.41) is 0. The zero-order valence-electron chi connectivity index (χ0n) is 22.2. The maximum absolute atomic E-state index is 12.4. The SMILES string of the molecule is Cc1c(C)c(C)c(-c2c(C)c(C)c(CC3CCC(CC=C(F)F)CC3)c(C)c2C)c(C)c1C. The Morgan fingerprint density at radius 2 is 0.939 bits per heavy atom. The summed E-state index contributed by atoms with van der Waals surface area (Å²) in [6.07, 6.45) is 5.69. The van der Waals surface area contributed by atoms with Crippen LogP contribution in [0, 0.1) is 74.1 Å². The Labute approximate surface area is 200 Å². The molecule has 0 radical (unpaired) electrons. The molecule has 0 N–H and O–H groups in total. The molecule has 2 aromatic rings. The molecule has 3 rings (SSSR count). The summed E-state index contributed by atoms with van der Waals surface area (Å²) in [7, 11) is 0. The average molecular weight is 453 g/mol. The van der Waals surface area contributed by atoms with E-state index < -0.39 is 6.08 Å². The lowest BCUT2D eigenvalue weighted by Crippen LogP contribution is -2.17. The Morgan fingerprint density at radius 1 is 0.576 bits per heavy atom. The van der Waals surface area contributed by atoms with Crippen LogP contribution in [0.4, 0.5) is 8.78 Å². The zero-order valence-corrected chi connectivity index (χ0v) is 22.2. The van der Waals surface area contributed by atoms with Gasteiger partial charge in [-0.05, 0) is 186 Å². The van der Waals surface area contributed by atoms with E-state index in [1.54, 1.807) is 0 Å². The van der Waals surface area contributed by atoms with E-state index in [2.05, 4.69) is 62.3 Å². The van der Waals surface area contributed by atoms with Crippen LogP contribution in [0.5, 0.6) is 0 Å². The van der Waals surface area contributed by atoms with Crippen molar-refractivity contribution in [2.45, 2.75) is 101 Å². The maximum Gasteiger partial charge on any atom is 0.266 e. The van der Waals surface area contributed by atoms with Gasteiger partial charge in [-0.15, -0.1) is 0 Å². The van der Waals surface area contributed by atoms with E-state index in [1.165, 1.54) is 66.8 Å². The molecule has 2 aromatic carbocycles. The Bertz CT molecular complexity index is 1020. The van der Waals surface area contributed by atoms with Crippen LogP contribution in [0.15, 0.2) is 12.2 Å². The Hall–Kier alpha value is -1.96. The van der Waals surface area contributed by atoms with Gasteiger partial charge in [0, 0.05) is 0 Å². The number of benzene rings is 2. The fourth-order valence-corrected chi connectivity index (χ4v) is 6.16. The van der Waals surface area contributed by atoms with Crippen molar-refractivity contribution in [1.82, 2.24) is 0 Å². The summed E-state index contributed by atoms with van der Waals surface area (Å²) in [5.74, 6) is 1.09. The van der Waals surface area contributed by atoms with Gasteiger partial charge in [-0.1, -0.05) is 0 Å². The highest BCUT2D eigenvalue weighted by molar-refractivity contribution is 5.81. The van der Waals surface area contributed by atoms with Crippen molar-refractivity contribution < 1.29 is 8.78 Å². The normalized spacial score (nSPS) is 18.5. The van der Waals surface area contributed by atoms with Crippen LogP contribution in [-0.4, -0.2) is 0 Å². The lowest BCUT2D eigenvalue weighted by Gasteiger charge is -2.30. The molecule has 1 aliphatic carbocycles. The van der Waals surface area contributed by atoms with Crippen molar-refractivity contribution in [1.29, 1.82) is 0 Å². The van der Waals surface area contributed by atoms with Crippen molar-refractivity contribution in [3.63, 3.8) is 0 Å². The van der Waals surface area contributed by atoms with Crippen molar-refractivity contribution in [3.05, 3.63) is 67.8 Å². The summed E-state index contributed by atoms with van der Waals surface area (Å²) >= 11 is 0. The van der Waals surface area contributed by atoms with E-state index in [4.69, 9.17) is 0 Å². The van der Waals surface area contributed by atoms with Gasteiger partial charge >= 0.3 is 0 Å². The molecule has 0 heterocycles. The molecule has 0 unspecified atom stereocenters. The summed E-state index contributed by atoms with van der Waals surface area (Å²) in [5.41, 5.74) is 17.1. The van der Waals surface area contributed by atoms with Gasteiger partial charge in [-0.2, -0.15) is 8.78 Å². The van der Waals surface area contributed by atoms with Gasteiger partial charge in [-0.3, -0.25) is 0 Å². The molecule has 1 fully saturated rings. The largest absolute Gasteiger partial charge is 0.266 e. The molecule has 33 heavy (non-hydrogen) atoms. The van der Waals surface area contributed by atoms with E-state index in [9.17, 15) is 8.78 Å². The molecule has 0 spiro atoms. The second kappa shape index (κ2) is 10.1. The van der Waals surface area contributed by atoms with Gasteiger partial charge in [0.2, 0.25) is 0 Å². The molecule has 0 aliphatic heterocycles. The molecule has 0 bridgehead atoms. The van der Waals surface area contributed by atoms with E-state index in [0.717, 1.165) is 38.2 Å². The molecule has 1 aliphatic rings. The van der Waals surface area contributed by atoms with Crippen LogP contribution in [0.1, 0.15) is 87.7 Å². The minimum absolute atomic E-state index is 0.426. The second-order valence-electron chi connectivity index (χ2n) is 10.7. The van der Waals surface area contributed by atoms with Gasteiger partial charge < -0.3 is 0 Å². The van der Waals surface area contributed by atoms with Crippen LogP contribution in [-0.2, 0) is 6.42 Å². The molecule has 0 saturated heterocycles. The van der Waals surface area contributed by atoms with Gasteiger partial charge in [0.15, 0.2) is 0 Å². The maximum atomic E-state index is 12.4. The molecule has 0 amide bonds. The van der Waals surface area contributed by atoms with E-state index in [1.807, 2.05) is 0 Å². The first-order chi connectivity index (χ1) is 15.5. The minimum Gasteiger partial charge on any atom is -0.174 e. The van der Waals surface area contributed by atoms with E-state index in [0.29, 0.717) is 18.3 Å². The van der Waals surface area contributed by atoms with Crippen LogP contribution in [0.2, 0.25) is 0 Å². The summed E-state index contributed by atoms with van der Waals surface area (Å²) in [4.78, 5) is 0. The molecular formula is C31H42F2. The fraction of sp³-hybridized carbons (Fsp3) is 0.548. The number of hydrogen-bond donors (Lipinski definition) is 0. The van der Waals surface area contributed by atoms with Crippen molar-refractivity contribution in [2.75, 3.05) is 0 Å². The monoisotopic (exact) mass is 452 g/mol. The van der Waals surface area contributed by atoms with Gasteiger partial charge in [0.05, 0.1) is 0 Å². The second-order valence-corrected chi connectivity index (χ2v) is 10.7. The molecule has 1 saturated carbocycles. The van der Waals surface area contributed by atoms with Crippen LogP contribution in [0.25, 0.3) is 11.1 Å². The third-order valence-electron chi connectivity index (χ3n) is 9.09. The van der Waals surface area contributed by atoms with E-state index >= 15 is 0 Å². The lowest BCUT2D eigenvalue weighted by molar-refractivity contribution is 0.272. The zero-order chi connectivity index (χ0) is 24.6. The summed E-state index contributed by atoms with van der Waals surface area (Å²) in [6.45, 7) is 20.5. The quantitative estimate of drug-likeness (QED) is 0.423. The first-order valence-corrected chi connectivity index (χ1v) is 12.6. The minimum atomic E-state index is -1.53. The highest BCUT2D eigenvalue weighted by Crippen LogP contribution is 2.42. The Morgan fingerprint density at radius 3 is 1.36 bits per heavy atom. The molecule has 0 aromatic heterocycles. The molecular weight excluding hydrogens is 410 g/mol. The van der Waals surface area contributed by atoms with Crippen molar-refractivity contribution >= 4 is 0 Å². The van der Waals surface area contributed by atoms with E-state index in [-0.39, 0.29) is 0 Å². The van der Waals surface area contributed by atoms with Crippen LogP contribution >= 0.6 is 0 Å².